The summed E-state index contributed by atoms with van der Waals surface area (Å²) >= 11 is 6.05. The maximum atomic E-state index is 12.5. The van der Waals surface area contributed by atoms with Crippen molar-refractivity contribution in [2.24, 2.45) is 0 Å². The van der Waals surface area contributed by atoms with E-state index in [1.165, 1.54) is 12.1 Å². The monoisotopic (exact) mass is 343 g/mol. The van der Waals surface area contributed by atoms with Gasteiger partial charge in [0.2, 0.25) is 10.0 Å². The van der Waals surface area contributed by atoms with Crippen LogP contribution >= 0.6 is 11.6 Å². The van der Waals surface area contributed by atoms with Gasteiger partial charge in [0.05, 0.1) is 5.02 Å². The molecule has 6 heteroatoms. The maximum Gasteiger partial charge on any atom is 0.242 e. The van der Waals surface area contributed by atoms with Crippen LogP contribution in [0.2, 0.25) is 5.02 Å². The SMILES string of the molecule is CCCC(=O)c1ccc(Cl)c(S(=O)(=O)NC2CCCCC2)c1. The second-order valence-corrected chi connectivity index (χ2v) is 7.86. The summed E-state index contributed by atoms with van der Waals surface area (Å²) in [7, 11) is -3.70. The van der Waals surface area contributed by atoms with Crippen molar-refractivity contribution in [1.82, 2.24) is 4.72 Å². The van der Waals surface area contributed by atoms with Crippen molar-refractivity contribution in [2.75, 3.05) is 0 Å². The Morgan fingerprint density at radius 3 is 2.59 bits per heavy atom. The standard InChI is InChI=1S/C16H22ClNO3S/c1-2-6-15(19)12-9-10-14(17)16(11-12)22(20,21)18-13-7-4-3-5-8-13/h9-11,13,18H,2-8H2,1H3. The molecule has 1 aliphatic rings. The van der Waals surface area contributed by atoms with Crippen molar-refractivity contribution in [1.29, 1.82) is 0 Å². The minimum absolute atomic E-state index is 0.00157. The average molecular weight is 344 g/mol. The molecule has 1 aromatic carbocycles. The number of hydrogen-bond acceptors (Lipinski definition) is 3. The van der Waals surface area contributed by atoms with Gasteiger partial charge in [-0.2, -0.15) is 0 Å². The molecular weight excluding hydrogens is 322 g/mol. The number of rotatable bonds is 6. The Labute approximate surface area is 137 Å². The minimum atomic E-state index is -3.70. The topological polar surface area (TPSA) is 63.2 Å². The molecule has 22 heavy (non-hydrogen) atoms. The van der Waals surface area contributed by atoms with Crippen molar-refractivity contribution in [3.05, 3.63) is 28.8 Å². The van der Waals surface area contributed by atoms with Gasteiger partial charge in [0.1, 0.15) is 4.90 Å². The molecule has 0 heterocycles. The van der Waals surface area contributed by atoms with Gasteiger partial charge in [-0.15, -0.1) is 0 Å². The van der Waals surface area contributed by atoms with E-state index in [2.05, 4.69) is 4.72 Å². The van der Waals surface area contributed by atoms with E-state index >= 15 is 0 Å². The lowest BCUT2D eigenvalue weighted by molar-refractivity contribution is 0.0981. The molecule has 0 aliphatic heterocycles. The molecule has 1 N–H and O–H groups in total. The molecule has 0 aromatic heterocycles. The van der Waals surface area contributed by atoms with Gasteiger partial charge >= 0.3 is 0 Å². The third kappa shape index (κ3) is 4.31. The van der Waals surface area contributed by atoms with Gasteiger partial charge < -0.3 is 0 Å². The van der Waals surface area contributed by atoms with Gasteiger partial charge in [0.15, 0.2) is 5.78 Å². The normalized spacial score (nSPS) is 16.6. The highest BCUT2D eigenvalue weighted by Crippen LogP contribution is 2.25. The van der Waals surface area contributed by atoms with Crippen molar-refractivity contribution >= 4 is 27.4 Å². The van der Waals surface area contributed by atoms with Crippen molar-refractivity contribution in [3.63, 3.8) is 0 Å². The van der Waals surface area contributed by atoms with Crippen LogP contribution in [0.25, 0.3) is 0 Å². The molecular formula is C16H22ClNO3S. The van der Waals surface area contributed by atoms with Crippen LogP contribution in [0, 0.1) is 0 Å². The Bertz CT molecular complexity index is 637. The molecule has 4 nitrogen and oxygen atoms in total. The van der Waals surface area contributed by atoms with Crippen LogP contribution < -0.4 is 4.72 Å². The van der Waals surface area contributed by atoms with Crippen LogP contribution in [0.1, 0.15) is 62.2 Å². The van der Waals surface area contributed by atoms with E-state index < -0.39 is 10.0 Å². The Morgan fingerprint density at radius 1 is 1.27 bits per heavy atom. The molecule has 1 aromatic rings. The smallest absolute Gasteiger partial charge is 0.242 e. The van der Waals surface area contributed by atoms with Gasteiger partial charge in [0.25, 0.3) is 0 Å². The lowest BCUT2D eigenvalue weighted by Crippen LogP contribution is -2.36. The second-order valence-electron chi connectivity index (χ2n) is 5.77. The zero-order chi connectivity index (χ0) is 16.2. The number of benzene rings is 1. The highest BCUT2D eigenvalue weighted by molar-refractivity contribution is 7.89. The fourth-order valence-corrected chi connectivity index (χ4v) is 4.59. The zero-order valence-electron chi connectivity index (χ0n) is 12.8. The number of Topliss-reactive ketones (excluding diaryl/α,β-unsaturated/α-hetero) is 1. The predicted molar refractivity (Wildman–Crippen MR) is 87.9 cm³/mol. The van der Waals surface area contributed by atoms with Crippen LogP contribution in [0.15, 0.2) is 23.1 Å². The Balaban J connectivity index is 2.25. The molecule has 0 unspecified atom stereocenters. The fourth-order valence-electron chi connectivity index (χ4n) is 2.76. The number of carbonyl (C=O) groups is 1. The molecule has 0 spiro atoms. The number of ketones is 1. The van der Waals surface area contributed by atoms with E-state index in [0.29, 0.717) is 12.0 Å². The lowest BCUT2D eigenvalue weighted by Gasteiger charge is -2.23. The van der Waals surface area contributed by atoms with Crippen molar-refractivity contribution in [2.45, 2.75) is 62.8 Å². The van der Waals surface area contributed by atoms with Crippen molar-refractivity contribution in [3.8, 4) is 0 Å². The Morgan fingerprint density at radius 2 is 1.95 bits per heavy atom. The quantitative estimate of drug-likeness (QED) is 0.796. The summed E-state index contributed by atoms with van der Waals surface area (Å²) in [5.41, 5.74) is 0.398. The van der Waals surface area contributed by atoms with Crippen LogP contribution in [-0.4, -0.2) is 20.2 Å². The molecule has 1 aliphatic carbocycles. The van der Waals surface area contributed by atoms with E-state index in [9.17, 15) is 13.2 Å². The third-order valence-electron chi connectivity index (χ3n) is 3.95. The Kier molecular flexibility index (Phi) is 6.01. The van der Waals surface area contributed by atoms with Crippen molar-refractivity contribution < 1.29 is 13.2 Å². The zero-order valence-corrected chi connectivity index (χ0v) is 14.3. The summed E-state index contributed by atoms with van der Waals surface area (Å²) in [6.45, 7) is 1.91. The summed E-state index contributed by atoms with van der Waals surface area (Å²) in [5, 5.41) is 0.149. The fraction of sp³-hybridized carbons (Fsp3) is 0.562. The molecule has 0 saturated heterocycles. The predicted octanol–water partition coefficient (Wildman–Crippen LogP) is 3.93. The first-order valence-electron chi connectivity index (χ1n) is 7.79. The van der Waals surface area contributed by atoms with Gasteiger partial charge in [-0.1, -0.05) is 37.8 Å². The molecule has 122 valence electrons. The molecule has 0 atom stereocenters. The molecule has 0 radical (unpaired) electrons. The number of carbonyl (C=O) groups excluding carboxylic acids is 1. The van der Waals surface area contributed by atoms with Gasteiger partial charge in [-0.05, 0) is 37.5 Å². The highest BCUT2D eigenvalue weighted by Gasteiger charge is 2.24. The van der Waals surface area contributed by atoms with E-state index in [-0.39, 0.29) is 21.7 Å². The molecule has 0 amide bonds. The summed E-state index contributed by atoms with van der Waals surface area (Å²) in [4.78, 5) is 12.0. The number of sulfonamides is 1. The molecule has 1 fully saturated rings. The van der Waals surface area contributed by atoms with Crippen LogP contribution in [0.5, 0.6) is 0 Å². The third-order valence-corrected chi connectivity index (χ3v) is 5.95. The van der Waals surface area contributed by atoms with E-state index in [4.69, 9.17) is 11.6 Å². The number of hydrogen-bond donors (Lipinski definition) is 1. The second kappa shape index (κ2) is 7.57. The largest absolute Gasteiger partial charge is 0.294 e. The summed E-state index contributed by atoms with van der Waals surface area (Å²) in [6, 6.07) is 4.43. The molecule has 2 rings (SSSR count). The summed E-state index contributed by atoms with van der Waals surface area (Å²) < 4.78 is 27.8. The van der Waals surface area contributed by atoms with E-state index in [0.717, 1.165) is 38.5 Å². The lowest BCUT2D eigenvalue weighted by atomic mass is 9.96. The number of halogens is 1. The first-order chi connectivity index (χ1) is 10.4. The Hall–Kier alpha value is -0.910. The van der Waals surface area contributed by atoms with E-state index in [1.807, 2.05) is 6.92 Å². The van der Waals surface area contributed by atoms with Gasteiger partial charge in [-0.25, -0.2) is 13.1 Å². The molecule has 0 bridgehead atoms. The van der Waals surface area contributed by atoms with Gasteiger partial charge in [-0.3, -0.25) is 4.79 Å². The number of nitrogens with one attached hydrogen (secondary N) is 1. The van der Waals surface area contributed by atoms with Gasteiger partial charge in [0, 0.05) is 18.0 Å². The minimum Gasteiger partial charge on any atom is -0.294 e. The first-order valence-corrected chi connectivity index (χ1v) is 9.65. The molecule has 1 saturated carbocycles. The maximum absolute atomic E-state index is 12.5. The highest BCUT2D eigenvalue weighted by atomic mass is 35.5. The van der Waals surface area contributed by atoms with Crippen LogP contribution in [0.4, 0.5) is 0 Å². The summed E-state index contributed by atoms with van der Waals surface area (Å²) in [5.74, 6) is -0.0618. The summed E-state index contributed by atoms with van der Waals surface area (Å²) in [6.07, 6.45) is 6.06. The van der Waals surface area contributed by atoms with Crippen LogP contribution in [0.3, 0.4) is 0 Å². The van der Waals surface area contributed by atoms with Crippen LogP contribution in [-0.2, 0) is 10.0 Å². The first kappa shape index (κ1) is 17.4. The average Bonchev–Trinajstić information content (AvgIpc) is 2.48. The van der Waals surface area contributed by atoms with E-state index in [1.54, 1.807) is 6.07 Å².